The van der Waals surface area contributed by atoms with E-state index in [2.05, 4.69) is 16.5 Å². The largest absolute Gasteiger partial charge is 0.497 e. The Labute approximate surface area is 132 Å². The molecule has 0 atom stereocenters. The highest BCUT2D eigenvalue weighted by atomic mass is 32.2. The molecule has 1 aliphatic rings. The van der Waals surface area contributed by atoms with E-state index in [1.54, 1.807) is 12.1 Å². The molecule has 1 N–H and O–H groups in total. The van der Waals surface area contributed by atoms with Gasteiger partial charge in [-0.2, -0.15) is 0 Å². The van der Waals surface area contributed by atoms with Crippen molar-refractivity contribution in [2.75, 3.05) is 33.9 Å². The number of ether oxygens (including phenoxy) is 2. The number of piperidine rings is 1. The van der Waals surface area contributed by atoms with Crippen LogP contribution in [-0.4, -0.2) is 53.2 Å². The first-order valence-electron chi connectivity index (χ1n) is 7.47. The van der Waals surface area contributed by atoms with Crippen molar-refractivity contribution >= 4 is 10.0 Å². The van der Waals surface area contributed by atoms with Gasteiger partial charge in [-0.15, -0.1) is 0 Å². The Morgan fingerprint density at radius 2 is 1.91 bits per heavy atom. The van der Waals surface area contributed by atoms with Gasteiger partial charge in [-0.05, 0) is 44.6 Å². The molecule has 7 heteroatoms. The first-order valence-corrected chi connectivity index (χ1v) is 8.95. The Morgan fingerprint density at radius 1 is 1.23 bits per heavy atom. The minimum absolute atomic E-state index is 0.0281. The van der Waals surface area contributed by atoms with E-state index in [4.69, 9.17) is 9.47 Å². The molecular weight excluding hydrogens is 304 g/mol. The standard InChI is InChI=1S/C15H24N2O4S/c1-4-17-9-7-12(8-10-17)16-22(18,19)15-6-5-13(20-2)11-14(15)21-3/h5-6,11-12,16H,4,7-10H2,1-3H3. The molecular formula is C15H24N2O4S. The van der Waals surface area contributed by atoms with Gasteiger partial charge in [0.05, 0.1) is 14.2 Å². The van der Waals surface area contributed by atoms with Crippen molar-refractivity contribution in [3.05, 3.63) is 18.2 Å². The summed E-state index contributed by atoms with van der Waals surface area (Å²) in [6.45, 7) is 4.96. The Hall–Kier alpha value is -1.31. The number of nitrogens with zero attached hydrogens (tertiary/aromatic N) is 1. The predicted octanol–water partition coefficient (Wildman–Crippen LogP) is 1.47. The minimum Gasteiger partial charge on any atom is -0.497 e. The third-order valence-corrected chi connectivity index (χ3v) is 5.58. The van der Waals surface area contributed by atoms with Crippen LogP contribution < -0.4 is 14.2 Å². The zero-order valence-electron chi connectivity index (χ0n) is 13.3. The lowest BCUT2D eigenvalue weighted by molar-refractivity contribution is 0.217. The molecule has 1 aromatic carbocycles. The lowest BCUT2D eigenvalue weighted by atomic mass is 10.1. The fourth-order valence-corrected chi connectivity index (χ4v) is 4.10. The molecule has 1 fully saturated rings. The van der Waals surface area contributed by atoms with Crippen LogP contribution >= 0.6 is 0 Å². The molecule has 0 radical (unpaired) electrons. The van der Waals surface area contributed by atoms with Crippen molar-refractivity contribution in [1.29, 1.82) is 0 Å². The van der Waals surface area contributed by atoms with E-state index in [9.17, 15) is 8.42 Å². The third kappa shape index (κ3) is 3.91. The summed E-state index contributed by atoms with van der Waals surface area (Å²) in [4.78, 5) is 2.47. The zero-order chi connectivity index (χ0) is 16.2. The van der Waals surface area contributed by atoms with Crippen LogP contribution in [0.1, 0.15) is 19.8 Å². The molecule has 6 nitrogen and oxygen atoms in total. The van der Waals surface area contributed by atoms with Crippen molar-refractivity contribution in [2.45, 2.75) is 30.7 Å². The fourth-order valence-electron chi connectivity index (χ4n) is 2.65. The number of hydrogen-bond acceptors (Lipinski definition) is 5. The molecule has 0 spiro atoms. The highest BCUT2D eigenvalue weighted by Crippen LogP contribution is 2.28. The highest BCUT2D eigenvalue weighted by Gasteiger charge is 2.26. The van der Waals surface area contributed by atoms with Gasteiger partial charge in [-0.1, -0.05) is 6.92 Å². The maximum absolute atomic E-state index is 12.6. The minimum atomic E-state index is -3.60. The molecule has 1 aromatic rings. The number of likely N-dealkylation sites (tertiary alicyclic amines) is 1. The van der Waals surface area contributed by atoms with Crippen LogP contribution in [0.25, 0.3) is 0 Å². The van der Waals surface area contributed by atoms with Crippen molar-refractivity contribution in [3.8, 4) is 11.5 Å². The topological polar surface area (TPSA) is 67.9 Å². The Bertz CT molecular complexity index is 596. The van der Waals surface area contributed by atoms with E-state index in [1.165, 1.54) is 20.3 Å². The molecule has 0 bridgehead atoms. The molecule has 1 heterocycles. The summed E-state index contributed by atoms with van der Waals surface area (Å²) in [5.74, 6) is 0.852. The number of rotatable bonds is 6. The number of hydrogen-bond donors (Lipinski definition) is 1. The van der Waals surface area contributed by atoms with Gasteiger partial charge in [0.1, 0.15) is 16.4 Å². The van der Waals surface area contributed by atoms with Crippen molar-refractivity contribution in [1.82, 2.24) is 9.62 Å². The van der Waals surface area contributed by atoms with Crippen LogP contribution in [0.5, 0.6) is 11.5 Å². The van der Waals surface area contributed by atoms with Gasteiger partial charge in [0.2, 0.25) is 10.0 Å². The van der Waals surface area contributed by atoms with E-state index in [-0.39, 0.29) is 16.7 Å². The van der Waals surface area contributed by atoms with Gasteiger partial charge in [-0.3, -0.25) is 0 Å². The second-order valence-electron chi connectivity index (χ2n) is 5.35. The summed E-state index contributed by atoms with van der Waals surface area (Å²) in [5, 5.41) is 0. The lowest BCUT2D eigenvalue weighted by Gasteiger charge is -2.31. The van der Waals surface area contributed by atoms with Crippen LogP contribution in [0.2, 0.25) is 0 Å². The summed E-state index contributed by atoms with van der Waals surface area (Å²) in [6.07, 6.45) is 1.65. The number of nitrogens with one attached hydrogen (secondary N) is 1. The molecule has 0 aliphatic carbocycles. The maximum Gasteiger partial charge on any atom is 0.244 e. The predicted molar refractivity (Wildman–Crippen MR) is 85.0 cm³/mol. The summed E-state index contributed by atoms with van der Waals surface area (Å²) in [6, 6.07) is 4.69. The van der Waals surface area contributed by atoms with E-state index in [0.717, 1.165) is 32.5 Å². The average molecular weight is 328 g/mol. The van der Waals surface area contributed by atoms with Crippen molar-refractivity contribution in [3.63, 3.8) is 0 Å². The van der Waals surface area contributed by atoms with Crippen LogP contribution in [-0.2, 0) is 10.0 Å². The van der Waals surface area contributed by atoms with E-state index < -0.39 is 10.0 Å². The Morgan fingerprint density at radius 3 is 2.45 bits per heavy atom. The summed E-state index contributed by atoms with van der Waals surface area (Å²) in [5.41, 5.74) is 0. The summed E-state index contributed by atoms with van der Waals surface area (Å²) in [7, 11) is -0.619. The second-order valence-corrected chi connectivity index (χ2v) is 7.03. The van der Waals surface area contributed by atoms with Gasteiger partial charge < -0.3 is 14.4 Å². The first kappa shape index (κ1) is 17.1. The quantitative estimate of drug-likeness (QED) is 0.856. The van der Waals surface area contributed by atoms with Gasteiger partial charge in [0, 0.05) is 12.1 Å². The van der Waals surface area contributed by atoms with Crippen molar-refractivity contribution < 1.29 is 17.9 Å². The maximum atomic E-state index is 12.6. The zero-order valence-corrected chi connectivity index (χ0v) is 14.1. The van der Waals surface area contributed by atoms with E-state index in [1.807, 2.05) is 0 Å². The molecule has 1 aliphatic heterocycles. The molecule has 0 saturated carbocycles. The van der Waals surface area contributed by atoms with Crippen LogP contribution in [0, 0.1) is 0 Å². The van der Waals surface area contributed by atoms with Crippen LogP contribution in [0.15, 0.2) is 23.1 Å². The molecule has 22 heavy (non-hydrogen) atoms. The van der Waals surface area contributed by atoms with E-state index >= 15 is 0 Å². The molecule has 124 valence electrons. The molecule has 2 rings (SSSR count). The Kier molecular flexibility index (Phi) is 5.66. The summed E-state index contributed by atoms with van der Waals surface area (Å²) < 4.78 is 38.3. The van der Waals surface area contributed by atoms with Gasteiger partial charge in [-0.25, -0.2) is 13.1 Å². The highest BCUT2D eigenvalue weighted by molar-refractivity contribution is 7.89. The monoisotopic (exact) mass is 328 g/mol. The SMILES string of the molecule is CCN1CCC(NS(=O)(=O)c2ccc(OC)cc2OC)CC1. The molecule has 0 amide bonds. The smallest absolute Gasteiger partial charge is 0.244 e. The lowest BCUT2D eigenvalue weighted by Crippen LogP contribution is -2.44. The van der Waals surface area contributed by atoms with Gasteiger partial charge in [0.25, 0.3) is 0 Å². The van der Waals surface area contributed by atoms with Crippen LogP contribution in [0.4, 0.5) is 0 Å². The molecule has 1 saturated heterocycles. The second kappa shape index (κ2) is 7.30. The Balaban J connectivity index is 2.13. The normalized spacial score (nSPS) is 17.4. The van der Waals surface area contributed by atoms with Gasteiger partial charge in [0.15, 0.2) is 0 Å². The average Bonchev–Trinajstić information content (AvgIpc) is 2.54. The number of methoxy groups -OCH3 is 2. The van der Waals surface area contributed by atoms with Crippen LogP contribution in [0.3, 0.4) is 0 Å². The summed E-state index contributed by atoms with van der Waals surface area (Å²) >= 11 is 0. The first-order chi connectivity index (χ1) is 10.5. The third-order valence-electron chi connectivity index (χ3n) is 4.02. The number of sulfonamides is 1. The fraction of sp³-hybridized carbons (Fsp3) is 0.600. The van der Waals surface area contributed by atoms with Gasteiger partial charge >= 0.3 is 0 Å². The molecule has 0 aromatic heterocycles. The van der Waals surface area contributed by atoms with Crippen molar-refractivity contribution in [2.24, 2.45) is 0 Å². The van der Waals surface area contributed by atoms with E-state index in [0.29, 0.717) is 5.75 Å². The molecule has 0 unspecified atom stereocenters. The number of benzene rings is 1.